The second-order valence-corrected chi connectivity index (χ2v) is 15.4. The van der Waals surface area contributed by atoms with E-state index in [1.165, 1.54) is 18.0 Å². The molecule has 5 aromatic rings. The number of oxazole rings is 1. The number of anilines is 1. The first-order chi connectivity index (χ1) is 23.2. The smallest absolute Gasteiger partial charge is 0.420 e. The second kappa shape index (κ2) is 12.9. The molecule has 1 aliphatic rings. The molecule has 3 heterocycles. The Morgan fingerprint density at radius 3 is 2.63 bits per heavy atom. The van der Waals surface area contributed by atoms with Gasteiger partial charge in [0.1, 0.15) is 28.4 Å². The molecular formula is C34H36FN5O7S2. The summed E-state index contributed by atoms with van der Waals surface area (Å²) >= 11 is 0.847. The summed E-state index contributed by atoms with van der Waals surface area (Å²) < 4.78 is 67.0. The van der Waals surface area contributed by atoms with Crippen molar-refractivity contribution >= 4 is 43.9 Å². The molecule has 1 amide bonds. The van der Waals surface area contributed by atoms with Gasteiger partial charge in [0.2, 0.25) is 5.13 Å². The third-order valence-electron chi connectivity index (χ3n) is 8.46. The number of sulfonamides is 1. The molecule has 1 aliphatic heterocycles. The highest BCUT2D eigenvalue weighted by Gasteiger charge is 2.33. The number of ether oxygens (including phenoxy) is 2. The summed E-state index contributed by atoms with van der Waals surface area (Å²) in [5.41, 5.74) is 3.34. The number of amides is 1. The van der Waals surface area contributed by atoms with Gasteiger partial charge in [0.15, 0.2) is 5.58 Å². The molecule has 0 N–H and O–H groups in total. The Morgan fingerprint density at radius 1 is 1.18 bits per heavy atom. The Hall–Kier alpha value is -4.76. The van der Waals surface area contributed by atoms with Crippen molar-refractivity contribution in [2.45, 2.75) is 70.7 Å². The van der Waals surface area contributed by atoms with Crippen molar-refractivity contribution in [3.8, 4) is 5.75 Å². The Bertz CT molecular complexity index is 2210. The summed E-state index contributed by atoms with van der Waals surface area (Å²) in [6.45, 7) is 9.58. The topological polar surface area (TPSA) is 137 Å². The number of carbonyl (C=O) groups excluding carboxylic acids is 1. The van der Waals surface area contributed by atoms with E-state index in [0.29, 0.717) is 24.3 Å². The molecule has 0 radical (unpaired) electrons. The van der Waals surface area contributed by atoms with Crippen molar-refractivity contribution in [1.82, 2.24) is 18.8 Å². The van der Waals surface area contributed by atoms with Crippen LogP contribution in [-0.4, -0.2) is 52.6 Å². The maximum Gasteiger partial charge on any atom is 0.420 e. The van der Waals surface area contributed by atoms with Gasteiger partial charge in [-0.2, -0.15) is 4.37 Å². The van der Waals surface area contributed by atoms with Gasteiger partial charge in [0.05, 0.1) is 25.2 Å². The summed E-state index contributed by atoms with van der Waals surface area (Å²) in [7, 11) is -3.04. The molecule has 12 nitrogen and oxygen atoms in total. The van der Waals surface area contributed by atoms with E-state index in [-0.39, 0.29) is 29.3 Å². The first-order valence-corrected chi connectivity index (χ1v) is 17.8. The van der Waals surface area contributed by atoms with Gasteiger partial charge in [0, 0.05) is 36.8 Å². The largest absolute Gasteiger partial charge is 0.497 e. The molecule has 0 fully saturated rings. The lowest BCUT2D eigenvalue weighted by molar-refractivity contribution is 0.0223. The third-order valence-corrected chi connectivity index (χ3v) is 11.0. The van der Waals surface area contributed by atoms with Crippen LogP contribution in [0.3, 0.4) is 0 Å². The van der Waals surface area contributed by atoms with Crippen LogP contribution in [-0.2, 0) is 34.3 Å². The van der Waals surface area contributed by atoms with Gasteiger partial charge in [0.25, 0.3) is 10.0 Å². The molecule has 0 unspecified atom stereocenters. The molecular weight excluding hydrogens is 674 g/mol. The van der Waals surface area contributed by atoms with Gasteiger partial charge in [-0.3, -0.25) is 4.57 Å². The van der Waals surface area contributed by atoms with E-state index in [4.69, 9.17) is 13.9 Å². The predicted molar refractivity (Wildman–Crippen MR) is 182 cm³/mol. The highest BCUT2D eigenvalue weighted by atomic mass is 32.2. The predicted octanol–water partition coefficient (Wildman–Crippen LogP) is 6.20. The number of benzene rings is 3. The number of aromatic nitrogens is 3. The fourth-order valence-corrected chi connectivity index (χ4v) is 8.19. The molecule has 15 heteroatoms. The highest BCUT2D eigenvalue weighted by Crippen LogP contribution is 2.34. The Labute approximate surface area is 286 Å². The number of aryl methyl sites for hydroxylation is 1. The van der Waals surface area contributed by atoms with Gasteiger partial charge >= 0.3 is 11.8 Å². The zero-order valence-electron chi connectivity index (χ0n) is 27.9. The van der Waals surface area contributed by atoms with Crippen LogP contribution in [0.4, 0.5) is 14.3 Å². The zero-order chi connectivity index (χ0) is 35.2. The van der Waals surface area contributed by atoms with Crippen molar-refractivity contribution in [2.24, 2.45) is 0 Å². The number of hydrogen-bond acceptors (Lipinski definition) is 10. The normalized spacial score (nSPS) is 14.1. The van der Waals surface area contributed by atoms with Gasteiger partial charge < -0.3 is 18.8 Å². The standard InChI is InChI=1S/C34H36FN5O7S2/c1-20-14-24(45-6)11-10-23(20)17-39(31-36-19-37-48-31)49(43,44)30-16-29-28(15-27(30)35)40(33(42)46-29)21(2)25-9-7-8-22-12-13-38(18-26(22)25)32(41)47-34(3,4)5/h7-11,14-16,19,21H,12-13,17-18H2,1-6H3/t21-/m1/s1. The average molecular weight is 710 g/mol. The van der Waals surface area contributed by atoms with Crippen LogP contribution < -0.4 is 14.8 Å². The van der Waals surface area contributed by atoms with E-state index in [0.717, 1.165) is 50.2 Å². The summed E-state index contributed by atoms with van der Waals surface area (Å²) in [5, 5.41) is 0.0386. The average Bonchev–Trinajstić information content (AvgIpc) is 3.69. The first-order valence-electron chi connectivity index (χ1n) is 15.5. The molecule has 0 saturated carbocycles. The lowest BCUT2D eigenvalue weighted by atomic mass is 9.91. The number of hydrogen-bond donors (Lipinski definition) is 0. The maximum atomic E-state index is 16.1. The zero-order valence-corrected chi connectivity index (χ0v) is 29.5. The molecule has 49 heavy (non-hydrogen) atoms. The van der Waals surface area contributed by atoms with E-state index in [1.54, 1.807) is 50.8 Å². The van der Waals surface area contributed by atoms with Crippen LogP contribution in [0.25, 0.3) is 11.1 Å². The molecule has 0 bridgehead atoms. The molecule has 0 spiro atoms. The molecule has 3 aromatic carbocycles. The van der Waals surface area contributed by atoms with Crippen molar-refractivity contribution in [3.63, 3.8) is 0 Å². The number of rotatable bonds is 8. The first kappa shape index (κ1) is 34.1. The molecule has 6 rings (SSSR count). The van der Waals surface area contributed by atoms with Crippen LogP contribution >= 0.6 is 11.5 Å². The third kappa shape index (κ3) is 6.64. The van der Waals surface area contributed by atoms with E-state index >= 15 is 4.39 Å². The summed E-state index contributed by atoms with van der Waals surface area (Å²) in [6, 6.07) is 12.3. The number of nitrogens with zero attached hydrogens (tertiary/aromatic N) is 5. The van der Waals surface area contributed by atoms with Crippen LogP contribution in [0.1, 0.15) is 61.6 Å². The summed E-state index contributed by atoms with van der Waals surface area (Å²) in [6.07, 6.45) is 1.37. The molecule has 0 aliphatic carbocycles. The Balaban J connectivity index is 1.37. The maximum absolute atomic E-state index is 16.1. The van der Waals surface area contributed by atoms with Crippen molar-refractivity contribution in [3.05, 3.63) is 99.0 Å². The minimum Gasteiger partial charge on any atom is -0.497 e. The lowest BCUT2D eigenvalue weighted by Crippen LogP contribution is -2.40. The van der Waals surface area contributed by atoms with E-state index in [9.17, 15) is 18.0 Å². The summed E-state index contributed by atoms with van der Waals surface area (Å²) in [4.78, 5) is 31.3. The fourth-order valence-electron chi connectivity index (χ4n) is 6.00. The number of fused-ring (bicyclic) bond motifs is 2. The van der Waals surface area contributed by atoms with E-state index < -0.39 is 44.2 Å². The Morgan fingerprint density at radius 2 is 1.96 bits per heavy atom. The number of halogens is 1. The fraction of sp³-hybridized carbons (Fsp3) is 0.353. The molecule has 2 aromatic heterocycles. The van der Waals surface area contributed by atoms with E-state index in [1.807, 2.05) is 25.1 Å². The minimum atomic E-state index is -4.58. The van der Waals surface area contributed by atoms with Gasteiger partial charge in [-0.1, -0.05) is 24.3 Å². The second-order valence-electron chi connectivity index (χ2n) is 12.8. The quantitative estimate of drug-likeness (QED) is 0.184. The van der Waals surface area contributed by atoms with Crippen molar-refractivity contribution in [1.29, 1.82) is 0 Å². The van der Waals surface area contributed by atoms with Crippen LogP contribution in [0, 0.1) is 12.7 Å². The summed E-state index contributed by atoms with van der Waals surface area (Å²) in [5.74, 6) is -1.25. The SMILES string of the molecule is COc1ccc(CN(c2ncns2)S(=O)(=O)c2cc3oc(=O)n([C@H](C)c4cccc5c4CN(C(=O)OC(C)(C)C)CC5)c3cc2F)c(C)c1. The number of carbonyl (C=O) groups is 1. The van der Waals surface area contributed by atoms with Crippen LogP contribution in [0.5, 0.6) is 5.75 Å². The molecule has 258 valence electrons. The Kier molecular flexibility index (Phi) is 9.00. The lowest BCUT2D eigenvalue weighted by Gasteiger charge is -2.33. The molecule has 0 saturated heterocycles. The highest BCUT2D eigenvalue weighted by molar-refractivity contribution is 7.93. The van der Waals surface area contributed by atoms with E-state index in [2.05, 4.69) is 9.36 Å². The van der Waals surface area contributed by atoms with Crippen LogP contribution in [0.2, 0.25) is 0 Å². The monoisotopic (exact) mass is 709 g/mol. The van der Waals surface area contributed by atoms with Gasteiger partial charge in [-0.25, -0.2) is 31.7 Å². The van der Waals surface area contributed by atoms with Gasteiger partial charge in [-0.15, -0.1) is 0 Å². The minimum absolute atomic E-state index is 0.0386. The van der Waals surface area contributed by atoms with Crippen molar-refractivity contribution in [2.75, 3.05) is 18.0 Å². The number of methoxy groups -OCH3 is 1. The van der Waals surface area contributed by atoms with Crippen molar-refractivity contribution < 1.29 is 31.5 Å². The van der Waals surface area contributed by atoms with Crippen LogP contribution in [0.15, 0.2) is 69.0 Å². The van der Waals surface area contributed by atoms with Gasteiger partial charge in [-0.05, 0) is 81.0 Å². The molecule has 1 atom stereocenters.